The highest BCUT2D eigenvalue weighted by Gasteiger charge is 2.30. The zero-order valence-electron chi connectivity index (χ0n) is 15.6. The first kappa shape index (κ1) is 20.9. The van der Waals surface area contributed by atoms with E-state index in [2.05, 4.69) is 9.71 Å². The molecule has 7 nitrogen and oxygen atoms in total. The molecular weight excluding hydrogens is 412 g/mol. The molecule has 0 aliphatic rings. The second-order valence-electron chi connectivity index (χ2n) is 6.37. The number of amides is 1. The number of nitrogens with zero attached hydrogens (tertiary/aromatic N) is 2. The molecule has 1 unspecified atom stereocenters. The molecule has 150 valence electrons. The largest absolute Gasteiger partial charge is 0.361 e. The van der Waals surface area contributed by atoms with Gasteiger partial charge in [-0.3, -0.25) is 4.79 Å². The third-order valence-corrected chi connectivity index (χ3v) is 6.26. The molecule has 1 amide bonds. The molecule has 1 aromatic heterocycles. The molecule has 0 saturated heterocycles. The summed E-state index contributed by atoms with van der Waals surface area (Å²) in [4.78, 5) is 16.9. The van der Waals surface area contributed by atoms with Gasteiger partial charge in [0.25, 0.3) is 5.91 Å². The summed E-state index contributed by atoms with van der Waals surface area (Å²) < 4.78 is 28.1. The number of rotatable bonds is 7. The summed E-state index contributed by atoms with van der Waals surface area (Å²) in [6.07, 6.45) is 3.64. The van der Waals surface area contributed by atoms with Gasteiger partial charge in [-0.2, -0.15) is 9.98 Å². The van der Waals surface area contributed by atoms with E-state index in [1.54, 1.807) is 19.3 Å². The van der Waals surface area contributed by atoms with Crippen LogP contribution in [0.2, 0.25) is 5.02 Å². The zero-order chi connectivity index (χ0) is 21.0. The molecule has 0 aliphatic heterocycles. The van der Waals surface area contributed by atoms with Gasteiger partial charge in [-0.1, -0.05) is 29.8 Å². The lowest BCUT2D eigenvalue weighted by molar-refractivity contribution is -0.129. The molecule has 3 aromatic rings. The van der Waals surface area contributed by atoms with Crippen molar-refractivity contribution in [3.63, 3.8) is 0 Å². The van der Waals surface area contributed by atoms with Crippen molar-refractivity contribution in [3.8, 4) is 6.19 Å². The van der Waals surface area contributed by atoms with Crippen LogP contribution < -0.4 is 4.72 Å². The molecule has 0 saturated carbocycles. The summed E-state index contributed by atoms with van der Waals surface area (Å²) in [7, 11) is -4.00. The molecule has 2 aromatic carbocycles. The van der Waals surface area contributed by atoms with Crippen molar-refractivity contribution < 1.29 is 13.2 Å². The Morgan fingerprint density at radius 1 is 1.24 bits per heavy atom. The monoisotopic (exact) mass is 430 g/mol. The first-order valence-corrected chi connectivity index (χ1v) is 10.8. The Balaban J connectivity index is 1.95. The van der Waals surface area contributed by atoms with Crippen LogP contribution in [0.5, 0.6) is 0 Å². The normalized spacial score (nSPS) is 12.4. The highest BCUT2D eigenvalue weighted by molar-refractivity contribution is 7.89. The number of aromatic amines is 1. The van der Waals surface area contributed by atoms with Gasteiger partial charge in [0.2, 0.25) is 10.0 Å². The third-order valence-electron chi connectivity index (χ3n) is 4.52. The van der Waals surface area contributed by atoms with Gasteiger partial charge in [-0.05, 0) is 49.2 Å². The summed E-state index contributed by atoms with van der Waals surface area (Å²) in [5, 5.41) is 10.5. The van der Waals surface area contributed by atoms with E-state index in [0.717, 1.165) is 21.4 Å². The number of para-hydroxylation sites is 1. The topological polar surface area (TPSA) is 106 Å². The van der Waals surface area contributed by atoms with E-state index >= 15 is 0 Å². The highest BCUT2D eigenvalue weighted by atomic mass is 35.5. The summed E-state index contributed by atoms with van der Waals surface area (Å²) in [5.74, 6) is -0.613. The second-order valence-corrected chi connectivity index (χ2v) is 8.52. The predicted octanol–water partition coefficient (Wildman–Crippen LogP) is 3.04. The number of hydrogen-bond donors (Lipinski definition) is 2. The Bertz CT molecular complexity index is 1170. The van der Waals surface area contributed by atoms with Crippen molar-refractivity contribution in [2.24, 2.45) is 0 Å². The first-order valence-electron chi connectivity index (χ1n) is 8.89. The van der Waals surface area contributed by atoms with Gasteiger partial charge in [0, 0.05) is 28.7 Å². The Morgan fingerprint density at radius 3 is 2.59 bits per heavy atom. The quantitative estimate of drug-likeness (QED) is 0.443. The van der Waals surface area contributed by atoms with E-state index in [1.807, 2.05) is 24.3 Å². The number of H-pyrrole nitrogens is 1. The number of carbonyl (C=O) groups is 1. The maximum absolute atomic E-state index is 12.9. The van der Waals surface area contributed by atoms with Crippen LogP contribution >= 0.6 is 11.6 Å². The van der Waals surface area contributed by atoms with Crippen molar-refractivity contribution in [1.29, 1.82) is 5.26 Å². The lowest BCUT2D eigenvalue weighted by Crippen LogP contribution is -2.48. The average Bonchev–Trinajstić information content (AvgIpc) is 3.11. The first-order chi connectivity index (χ1) is 13.9. The maximum atomic E-state index is 12.9. The Hall–Kier alpha value is -2.86. The fraction of sp³-hybridized carbons (Fsp3) is 0.200. The van der Waals surface area contributed by atoms with Gasteiger partial charge in [0.15, 0.2) is 6.19 Å². The number of nitrogens with one attached hydrogen (secondary N) is 2. The van der Waals surface area contributed by atoms with Gasteiger partial charge in [-0.25, -0.2) is 13.3 Å². The van der Waals surface area contributed by atoms with Gasteiger partial charge in [0.1, 0.15) is 6.04 Å². The highest BCUT2D eigenvalue weighted by Crippen LogP contribution is 2.21. The second kappa shape index (κ2) is 8.66. The number of nitriles is 1. The summed E-state index contributed by atoms with van der Waals surface area (Å²) in [6.45, 7) is 1.79. The fourth-order valence-corrected chi connectivity index (χ4v) is 4.35. The van der Waals surface area contributed by atoms with Crippen LogP contribution in [0.25, 0.3) is 10.9 Å². The standard InChI is InChI=1S/C20H19ClN4O3S/c1-2-25(13-22)20(26)19(11-14-12-23-18-6-4-3-5-17(14)18)24-29(27,28)16-9-7-15(21)8-10-16/h3-10,12,19,23-24H,2,11H2,1H3. The van der Waals surface area contributed by atoms with Crippen LogP contribution in [0.3, 0.4) is 0 Å². The summed E-state index contributed by atoms with van der Waals surface area (Å²) in [6, 6.07) is 12.0. The molecule has 3 rings (SSSR count). The van der Waals surface area contributed by atoms with Crippen LogP contribution in [0.4, 0.5) is 0 Å². The molecule has 0 spiro atoms. The van der Waals surface area contributed by atoms with Crippen LogP contribution in [0, 0.1) is 11.5 Å². The van der Waals surface area contributed by atoms with Crippen molar-refractivity contribution >= 4 is 38.4 Å². The van der Waals surface area contributed by atoms with E-state index in [-0.39, 0.29) is 17.9 Å². The Labute approximate surface area is 173 Å². The number of fused-ring (bicyclic) bond motifs is 1. The van der Waals surface area contributed by atoms with E-state index in [1.165, 1.54) is 24.3 Å². The zero-order valence-corrected chi connectivity index (χ0v) is 17.2. The van der Waals surface area contributed by atoms with E-state index in [0.29, 0.717) is 5.02 Å². The number of likely N-dealkylation sites (N-methyl/N-ethyl adjacent to an activating group) is 1. The number of hydrogen-bond acceptors (Lipinski definition) is 4. The molecule has 0 fully saturated rings. The summed E-state index contributed by atoms with van der Waals surface area (Å²) >= 11 is 5.83. The van der Waals surface area contributed by atoms with Crippen molar-refractivity contribution in [2.75, 3.05) is 6.54 Å². The molecular formula is C20H19ClN4O3S. The van der Waals surface area contributed by atoms with E-state index in [9.17, 15) is 18.5 Å². The van der Waals surface area contributed by atoms with Gasteiger partial charge in [-0.15, -0.1) is 0 Å². The maximum Gasteiger partial charge on any atom is 0.254 e. The number of sulfonamides is 1. The Kier molecular flexibility index (Phi) is 6.23. The van der Waals surface area contributed by atoms with Crippen molar-refractivity contribution in [2.45, 2.75) is 24.3 Å². The third kappa shape index (κ3) is 4.59. The molecule has 0 bridgehead atoms. The molecule has 0 aliphatic carbocycles. The van der Waals surface area contributed by atoms with Crippen LogP contribution in [-0.4, -0.2) is 36.8 Å². The summed E-state index contributed by atoms with van der Waals surface area (Å²) in [5.41, 5.74) is 1.65. The van der Waals surface area contributed by atoms with Crippen molar-refractivity contribution in [1.82, 2.24) is 14.6 Å². The van der Waals surface area contributed by atoms with Gasteiger partial charge >= 0.3 is 0 Å². The predicted molar refractivity (Wildman–Crippen MR) is 111 cm³/mol. The molecule has 29 heavy (non-hydrogen) atoms. The lowest BCUT2D eigenvalue weighted by Gasteiger charge is -2.21. The minimum atomic E-state index is -4.00. The minimum Gasteiger partial charge on any atom is -0.361 e. The number of aromatic nitrogens is 1. The minimum absolute atomic E-state index is 0.0152. The van der Waals surface area contributed by atoms with E-state index in [4.69, 9.17) is 11.6 Å². The molecule has 2 N–H and O–H groups in total. The average molecular weight is 431 g/mol. The number of benzene rings is 2. The molecule has 0 radical (unpaired) electrons. The number of halogens is 1. The molecule has 9 heteroatoms. The molecule has 1 heterocycles. The molecule has 1 atom stereocenters. The van der Waals surface area contributed by atoms with Gasteiger partial charge in [0.05, 0.1) is 4.90 Å². The smallest absolute Gasteiger partial charge is 0.254 e. The fourth-order valence-electron chi connectivity index (χ4n) is 3.03. The van der Waals surface area contributed by atoms with Crippen molar-refractivity contribution in [3.05, 3.63) is 65.3 Å². The Morgan fingerprint density at radius 2 is 1.93 bits per heavy atom. The lowest BCUT2D eigenvalue weighted by atomic mass is 10.0. The van der Waals surface area contributed by atoms with Crippen LogP contribution in [-0.2, 0) is 21.2 Å². The van der Waals surface area contributed by atoms with Crippen LogP contribution in [0.15, 0.2) is 59.6 Å². The SMILES string of the molecule is CCN(C#N)C(=O)C(Cc1c[nH]c2ccccc12)NS(=O)(=O)c1ccc(Cl)cc1. The number of carbonyl (C=O) groups excluding carboxylic acids is 1. The van der Waals surface area contributed by atoms with E-state index < -0.39 is 22.0 Å². The van der Waals surface area contributed by atoms with Gasteiger partial charge < -0.3 is 4.98 Å². The van der Waals surface area contributed by atoms with Crippen LogP contribution in [0.1, 0.15) is 12.5 Å².